The van der Waals surface area contributed by atoms with Gasteiger partial charge in [-0.1, -0.05) is 18.2 Å². The minimum absolute atomic E-state index is 0.146. The van der Waals surface area contributed by atoms with Crippen molar-refractivity contribution in [2.45, 2.75) is 13.5 Å². The number of rotatable bonds is 7. The molecule has 2 aromatic rings. The van der Waals surface area contributed by atoms with Crippen molar-refractivity contribution < 1.29 is 23.9 Å². The maximum absolute atomic E-state index is 12.2. The van der Waals surface area contributed by atoms with Crippen molar-refractivity contribution in [1.29, 1.82) is 0 Å². The van der Waals surface area contributed by atoms with Crippen LogP contribution >= 0.6 is 0 Å². The fraction of sp³-hybridized carbons (Fsp3) is 0.316. The first-order valence-electron chi connectivity index (χ1n) is 8.03. The monoisotopic (exact) mass is 358 g/mol. The number of hydrogen-bond acceptors (Lipinski definition) is 5. The van der Waals surface area contributed by atoms with Gasteiger partial charge in [-0.3, -0.25) is 9.59 Å². The number of benzene rings is 1. The van der Waals surface area contributed by atoms with E-state index in [1.54, 1.807) is 27.4 Å². The van der Waals surface area contributed by atoms with Gasteiger partial charge in [0.1, 0.15) is 11.4 Å². The SMILES string of the molecule is COc1ccccc1CN(C)C(=O)COC(=O)c1cc(C(C)=O)cn1C. The number of para-hydroxylation sites is 1. The summed E-state index contributed by atoms with van der Waals surface area (Å²) in [7, 11) is 4.83. The van der Waals surface area contributed by atoms with E-state index < -0.39 is 5.97 Å². The summed E-state index contributed by atoms with van der Waals surface area (Å²) < 4.78 is 11.9. The summed E-state index contributed by atoms with van der Waals surface area (Å²) >= 11 is 0. The van der Waals surface area contributed by atoms with E-state index in [1.807, 2.05) is 24.3 Å². The molecule has 0 radical (unpaired) electrons. The molecule has 1 amide bonds. The van der Waals surface area contributed by atoms with Crippen LogP contribution in [-0.4, -0.2) is 47.9 Å². The van der Waals surface area contributed by atoms with Crippen LogP contribution in [0.1, 0.15) is 33.3 Å². The van der Waals surface area contributed by atoms with E-state index in [1.165, 1.54) is 22.5 Å². The number of methoxy groups -OCH3 is 1. The highest BCUT2D eigenvalue weighted by atomic mass is 16.5. The number of carbonyl (C=O) groups excluding carboxylic acids is 3. The standard InChI is InChI=1S/C19H22N2O5/c1-13(22)15-9-16(20(2)11-15)19(24)26-12-18(23)21(3)10-14-7-5-6-8-17(14)25-4/h5-9,11H,10,12H2,1-4H3. The zero-order valence-corrected chi connectivity index (χ0v) is 15.3. The maximum Gasteiger partial charge on any atom is 0.355 e. The average Bonchev–Trinajstić information content (AvgIpc) is 3.02. The molecule has 2 rings (SSSR count). The summed E-state index contributed by atoms with van der Waals surface area (Å²) in [4.78, 5) is 37.2. The van der Waals surface area contributed by atoms with E-state index in [0.717, 1.165) is 5.56 Å². The summed E-state index contributed by atoms with van der Waals surface area (Å²) in [5, 5.41) is 0. The second-order valence-corrected chi connectivity index (χ2v) is 5.92. The van der Waals surface area contributed by atoms with Crippen molar-refractivity contribution in [3.05, 3.63) is 53.3 Å². The van der Waals surface area contributed by atoms with E-state index in [2.05, 4.69) is 0 Å². The van der Waals surface area contributed by atoms with Crippen LogP contribution in [0.25, 0.3) is 0 Å². The molecule has 0 spiro atoms. The molecule has 1 heterocycles. The largest absolute Gasteiger partial charge is 0.496 e. The van der Waals surface area contributed by atoms with Gasteiger partial charge in [-0.05, 0) is 19.1 Å². The second-order valence-electron chi connectivity index (χ2n) is 5.92. The number of aromatic nitrogens is 1. The molecule has 1 aromatic heterocycles. The van der Waals surface area contributed by atoms with E-state index in [9.17, 15) is 14.4 Å². The Bertz CT molecular complexity index is 825. The topological polar surface area (TPSA) is 77.8 Å². The van der Waals surface area contributed by atoms with Gasteiger partial charge in [0, 0.05) is 38.0 Å². The first-order chi connectivity index (χ1) is 12.3. The molecule has 0 saturated heterocycles. The number of nitrogens with zero attached hydrogens (tertiary/aromatic N) is 2. The van der Waals surface area contributed by atoms with Gasteiger partial charge >= 0.3 is 5.97 Å². The van der Waals surface area contributed by atoms with Crippen LogP contribution in [0, 0.1) is 0 Å². The highest BCUT2D eigenvalue weighted by molar-refractivity contribution is 5.98. The highest BCUT2D eigenvalue weighted by Crippen LogP contribution is 2.18. The summed E-state index contributed by atoms with van der Waals surface area (Å²) in [6.07, 6.45) is 1.55. The van der Waals surface area contributed by atoms with Crippen LogP contribution in [0.3, 0.4) is 0 Å². The number of likely N-dealkylation sites (N-methyl/N-ethyl adjacent to an activating group) is 1. The third-order valence-corrected chi connectivity index (χ3v) is 3.97. The molecular formula is C19H22N2O5. The molecular weight excluding hydrogens is 336 g/mol. The molecule has 1 aromatic carbocycles. The van der Waals surface area contributed by atoms with E-state index in [0.29, 0.717) is 17.9 Å². The molecule has 0 aliphatic rings. The summed E-state index contributed by atoms with van der Waals surface area (Å²) in [6, 6.07) is 8.84. The van der Waals surface area contributed by atoms with E-state index in [-0.39, 0.29) is 24.0 Å². The molecule has 0 aliphatic carbocycles. The third kappa shape index (κ3) is 4.50. The molecule has 0 atom stereocenters. The Morgan fingerprint density at radius 3 is 2.50 bits per heavy atom. The number of ketones is 1. The summed E-state index contributed by atoms with van der Waals surface area (Å²) in [5.41, 5.74) is 1.49. The Kier molecular flexibility index (Phi) is 6.16. The Labute approximate surface area is 152 Å². The van der Waals surface area contributed by atoms with Gasteiger partial charge in [0.05, 0.1) is 7.11 Å². The number of Topliss-reactive ketones (excluding diaryl/α,β-unsaturated/α-hetero) is 1. The van der Waals surface area contributed by atoms with Crippen molar-refractivity contribution in [3.8, 4) is 5.75 Å². The Balaban J connectivity index is 1.95. The molecule has 0 saturated carbocycles. The molecule has 7 heteroatoms. The normalized spacial score (nSPS) is 10.3. The number of amides is 1. The van der Waals surface area contributed by atoms with Crippen LogP contribution in [0.5, 0.6) is 5.75 Å². The number of carbonyl (C=O) groups is 3. The van der Waals surface area contributed by atoms with Crippen molar-refractivity contribution in [3.63, 3.8) is 0 Å². The van der Waals surface area contributed by atoms with Crippen LogP contribution < -0.4 is 4.74 Å². The molecule has 0 fully saturated rings. The number of hydrogen-bond donors (Lipinski definition) is 0. The number of esters is 1. The summed E-state index contributed by atoms with van der Waals surface area (Å²) in [5.74, 6) is -0.457. The Hall–Kier alpha value is -3.09. The quantitative estimate of drug-likeness (QED) is 0.559. The van der Waals surface area contributed by atoms with Gasteiger partial charge in [-0.2, -0.15) is 0 Å². The zero-order valence-electron chi connectivity index (χ0n) is 15.3. The molecule has 0 unspecified atom stereocenters. The Morgan fingerprint density at radius 1 is 1.19 bits per heavy atom. The fourth-order valence-electron chi connectivity index (χ4n) is 2.45. The molecule has 0 aliphatic heterocycles. The van der Waals surface area contributed by atoms with Crippen molar-refractivity contribution >= 4 is 17.7 Å². The predicted molar refractivity (Wildman–Crippen MR) is 95.2 cm³/mol. The minimum Gasteiger partial charge on any atom is -0.496 e. The highest BCUT2D eigenvalue weighted by Gasteiger charge is 2.18. The first kappa shape index (κ1) is 19.2. The first-order valence-corrected chi connectivity index (χ1v) is 8.03. The molecule has 7 nitrogen and oxygen atoms in total. The van der Waals surface area contributed by atoms with Gasteiger partial charge in [-0.25, -0.2) is 4.79 Å². The van der Waals surface area contributed by atoms with Crippen LogP contribution in [0.2, 0.25) is 0 Å². The van der Waals surface area contributed by atoms with Gasteiger partial charge in [0.2, 0.25) is 0 Å². The van der Waals surface area contributed by atoms with Gasteiger partial charge in [0.15, 0.2) is 12.4 Å². The summed E-state index contributed by atoms with van der Waals surface area (Å²) in [6.45, 7) is 1.37. The smallest absolute Gasteiger partial charge is 0.355 e. The number of ether oxygens (including phenoxy) is 2. The number of aryl methyl sites for hydroxylation is 1. The van der Waals surface area contributed by atoms with E-state index in [4.69, 9.17) is 9.47 Å². The third-order valence-electron chi connectivity index (χ3n) is 3.97. The predicted octanol–water partition coefficient (Wildman–Crippen LogP) is 2.05. The molecule has 0 N–H and O–H groups in total. The van der Waals surface area contributed by atoms with Gasteiger partial charge in [-0.15, -0.1) is 0 Å². The molecule has 0 bridgehead atoms. The van der Waals surface area contributed by atoms with Crippen molar-refractivity contribution in [1.82, 2.24) is 9.47 Å². The lowest BCUT2D eigenvalue weighted by molar-refractivity contribution is -0.133. The van der Waals surface area contributed by atoms with E-state index >= 15 is 0 Å². The zero-order chi connectivity index (χ0) is 19.3. The molecule has 138 valence electrons. The lowest BCUT2D eigenvalue weighted by Gasteiger charge is -2.18. The fourth-order valence-corrected chi connectivity index (χ4v) is 2.45. The van der Waals surface area contributed by atoms with Crippen LogP contribution in [-0.2, 0) is 23.1 Å². The average molecular weight is 358 g/mol. The van der Waals surface area contributed by atoms with Crippen molar-refractivity contribution in [2.75, 3.05) is 20.8 Å². The van der Waals surface area contributed by atoms with Gasteiger partial charge in [0.25, 0.3) is 5.91 Å². The molecule has 26 heavy (non-hydrogen) atoms. The lowest BCUT2D eigenvalue weighted by Crippen LogP contribution is -2.31. The Morgan fingerprint density at radius 2 is 1.88 bits per heavy atom. The van der Waals surface area contributed by atoms with Crippen LogP contribution in [0.4, 0.5) is 0 Å². The second kappa shape index (κ2) is 8.33. The maximum atomic E-state index is 12.2. The van der Waals surface area contributed by atoms with Crippen LogP contribution in [0.15, 0.2) is 36.5 Å². The van der Waals surface area contributed by atoms with Crippen molar-refractivity contribution in [2.24, 2.45) is 7.05 Å². The minimum atomic E-state index is -0.654. The van der Waals surface area contributed by atoms with Gasteiger partial charge < -0.3 is 18.9 Å². The lowest BCUT2D eigenvalue weighted by atomic mass is 10.2.